The van der Waals surface area contributed by atoms with Gasteiger partial charge in [-0.1, -0.05) is 6.08 Å². The average Bonchev–Trinajstić information content (AvgIpc) is 2.17. The molecule has 1 atom stereocenters. The summed E-state index contributed by atoms with van der Waals surface area (Å²) in [5, 5.41) is 6.19. The Bertz CT molecular complexity index is 215. The van der Waals surface area contributed by atoms with Gasteiger partial charge in [-0.15, -0.1) is 0 Å². The summed E-state index contributed by atoms with van der Waals surface area (Å²) in [5.74, 6) is -0.00789. The van der Waals surface area contributed by atoms with Crippen LogP contribution in [-0.2, 0) is 4.79 Å². The molecule has 1 fully saturated rings. The first-order chi connectivity index (χ1) is 6.74. The number of carbonyl (C=O) groups is 1. The quantitative estimate of drug-likeness (QED) is 0.604. The second-order valence-electron chi connectivity index (χ2n) is 3.58. The molecule has 0 aromatic carbocycles. The lowest BCUT2D eigenvalue weighted by molar-refractivity contribution is -0.116. The Kier molecular flexibility index (Phi) is 4.62. The molecule has 1 heterocycles. The van der Waals surface area contributed by atoms with Gasteiger partial charge in [0.1, 0.15) is 0 Å². The summed E-state index contributed by atoms with van der Waals surface area (Å²) in [6, 6.07) is 0.415. The van der Waals surface area contributed by atoms with Crippen LogP contribution in [0.4, 0.5) is 0 Å². The van der Waals surface area contributed by atoms with Crippen molar-refractivity contribution in [2.24, 2.45) is 0 Å². The van der Waals surface area contributed by atoms with Crippen molar-refractivity contribution in [3.05, 3.63) is 12.2 Å². The molecule has 1 unspecified atom stereocenters. The Morgan fingerprint density at radius 3 is 3.14 bits per heavy atom. The first-order valence-electron chi connectivity index (χ1n) is 5.05. The van der Waals surface area contributed by atoms with Crippen LogP contribution in [0.3, 0.4) is 0 Å². The van der Waals surface area contributed by atoms with Crippen molar-refractivity contribution in [3.63, 3.8) is 0 Å². The molecular formula is C10H19N3O. The van der Waals surface area contributed by atoms with Gasteiger partial charge in [0.25, 0.3) is 0 Å². The van der Waals surface area contributed by atoms with Crippen LogP contribution < -0.4 is 10.6 Å². The number of amides is 1. The number of nitrogens with zero attached hydrogens (tertiary/aromatic N) is 1. The lowest BCUT2D eigenvalue weighted by atomic mass is 10.2. The summed E-state index contributed by atoms with van der Waals surface area (Å²) in [6.45, 7) is 5.59. The Morgan fingerprint density at radius 2 is 2.50 bits per heavy atom. The minimum Gasteiger partial charge on any atom is -0.351 e. The molecule has 4 nitrogen and oxygen atoms in total. The molecule has 1 aliphatic rings. The van der Waals surface area contributed by atoms with E-state index in [0.717, 1.165) is 19.6 Å². The normalized spacial score (nSPS) is 24.0. The fourth-order valence-corrected chi connectivity index (χ4v) is 1.52. The van der Waals surface area contributed by atoms with Crippen molar-refractivity contribution in [1.29, 1.82) is 0 Å². The van der Waals surface area contributed by atoms with E-state index in [1.807, 2.05) is 6.92 Å². The third kappa shape index (κ3) is 3.47. The van der Waals surface area contributed by atoms with E-state index in [9.17, 15) is 4.79 Å². The van der Waals surface area contributed by atoms with Gasteiger partial charge in [0.2, 0.25) is 5.91 Å². The number of allylic oxidation sites excluding steroid dienone is 1. The molecule has 0 bridgehead atoms. The Morgan fingerprint density at radius 1 is 1.71 bits per heavy atom. The maximum Gasteiger partial charge on any atom is 0.243 e. The summed E-state index contributed by atoms with van der Waals surface area (Å²) >= 11 is 0. The minimum absolute atomic E-state index is 0.00789. The molecule has 0 aromatic rings. The van der Waals surface area contributed by atoms with Crippen molar-refractivity contribution in [1.82, 2.24) is 15.5 Å². The van der Waals surface area contributed by atoms with Gasteiger partial charge in [-0.05, 0) is 20.0 Å². The highest BCUT2D eigenvalue weighted by Gasteiger charge is 2.18. The van der Waals surface area contributed by atoms with Crippen molar-refractivity contribution in [2.45, 2.75) is 13.0 Å². The molecule has 1 amide bonds. The van der Waals surface area contributed by atoms with Gasteiger partial charge in [0.15, 0.2) is 0 Å². The van der Waals surface area contributed by atoms with Crippen molar-refractivity contribution < 1.29 is 4.79 Å². The van der Waals surface area contributed by atoms with Crippen LogP contribution in [0.25, 0.3) is 0 Å². The number of rotatable bonds is 3. The third-order valence-electron chi connectivity index (χ3n) is 2.47. The van der Waals surface area contributed by atoms with Crippen molar-refractivity contribution in [3.8, 4) is 0 Å². The van der Waals surface area contributed by atoms with E-state index in [4.69, 9.17) is 0 Å². The van der Waals surface area contributed by atoms with Crippen molar-refractivity contribution >= 4 is 5.91 Å². The van der Waals surface area contributed by atoms with Crippen LogP contribution in [0, 0.1) is 0 Å². The standard InChI is InChI=1S/C10H19N3O/c1-3-4-10(14)12-8-9-7-11-5-6-13(9)2/h3-4,9,11H,5-8H2,1-2H3,(H,12,14)/b4-3+. The Balaban J connectivity index is 2.25. The van der Waals surface area contributed by atoms with Crippen LogP contribution in [0.1, 0.15) is 6.92 Å². The Labute approximate surface area is 85.3 Å². The number of hydrogen-bond donors (Lipinski definition) is 2. The van der Waals surface area contributed by atoms with Crippen LogP contribution in [0.15, 0.2) is 12.2 Å². The van der Waals surface area contributed by atoms with E-state index in [2.05, 4.69) is 22.6 Å². The maximum absolute atomic E-state index is 11.2. The molecule has 0 saturated carbocycles. The molecule has 4 heteroatoms. The molecule has 0 aliphatic carbocycles. The molecule has 0 aromatic heterocycles. The van der Waals surface area contributed by atoms with Gasteiger partial charge in [-0.2, -0.15) is 0 Å². The lowest BCUT2D eigenvalue weighted by Gasteiger charge is -2.32. The highest BCUT2D eigenvalue weighted by atomic mass is 16.1. The summed E-state index contributed by atoms with van der Waals surface area (Å²) in [6.07, 6.45) is 3.30. The fourth-order valence-electron chi connectivity index (χ4n) is 1.52. The van der Waals surface area contributed by atoms with E-state index in [-0.39, 0.29) is 5.91 Å². The second-order valence-corrected chi connectivity index (χ2v) is 3.58. The number of nitrogens with one attached hydrogen (secondary N) is 2. The van der Waals surface area contributed by atoms with Crippen LogP contribution in [0.5, 0.6) is 0 Å². The lowest BCUT2D eigenvalue weighted by Crippen LogP contribution is -2.53. The fraction of sp³-hybridized carbons (Fsp3) is 0.700. The van der Waals surface area contributed by atoms with Crippen LogP contribution in [0.2, 0.25) is 0 Å². The van der Waals surface area contributed by atoms with E-state index in [1.54, 1.807) is 12.2 Å². The van der Waals surface area contributed by atoms with E-state index in [0.29, 0.717) is 12.6 Å². The second kappa shape index (κ2) is 5.78. The molecule has 80 valence electrons. The molecule has 1 rings (SSSR count). The molecule has 0 radical (unpaired) electrons. The molecule has 1 aliphatic heterocycles. The van der Waals surface area contributed by atoms with Gasteiger partial charge in [0.05, 0.1) is 0 Å². The third-order valence-corrected chi connectivity index (χ3v) is 2.47. The Hall–Kier alpha value is -0.870. The molecule has 14 heavy (non-hydrogen) atoms. The van der Waals surface area contributed by atoms with E-state index >= 15 is 0 Å². The number of piperazine rings is 1. The number of likely N-dealkylation sites (N-methyl/N-ethyl adjacent to an activating group) is 1. The molecular weight excluding hydrogens is 178 g/mol. The average molecular weight is 197 g/mol. The predicted octanol–water partition coefficient (Wildman–Crippen LogP) is -0.418. The van der Waals surface area contributed by atoms with Crippen LogP contribution in [-0.4, -0.2) is 50.1 Å². The maximum atomic E-state index is 11.2. The number of carbonyl (C=O) groups excluding carboxylic acids is 1. The number of hydrogen-bond acceptors (Lipinski definition) is 3. The van der Waals surface area contributed by atoms with Gasteiger partial charge >= 0.3 is 0 Å². The monoisotopic (exact) mass is 197 g/mol. The highest BCUT2D eigenvalue weighted by Crippen LogP contribution is 1.97. The largest absolute Gasteiger partial charge is 0.351 e. The summed E-state index contributed by atoms with van der Waals surface area (Å²) in [5.41, 5.74) is 0. The van der Waals surface area contributed by atoms with Gasteiger partial charge in [-0.25, -0.2) is 0 Å². The molecule has 0 spiro atoms. The summed E-state index contributed by atoms with van der Waals surface area (Å²) in [4.78, 5) is 13.4. The van der Waals surface area contributed by atoms with Gasteiger partial charge in [-0.3, -0.25) is 9.69 Å². The zero-order chi connectivity index (χ0) is 10.4. The topological polar surface area (TPSA) is 44.4 Å². The van der Waals surface area contributed by atoms with Crippen LogP contribution >= 0.6 is 0 Å². The highest BCUT2D eigenvalue weighted by molar-refractivity contribution is 5.87. The predicted molar refractivity (Wildman–Crippen MR) is 57.1 cm³/mol. The van der Waals surface area contributed by atoms with Crippen molar-refractivity contribution in [2.75, 3.05) is 33.2 Å². The minimum atomic E-state index is -0.00789. The van der Waals surface area contributed by atoms with E-state index < -0.39 is 0 Å². The smallest absolute Gasteiger partial charge is 0.243 e. The van der Waals surface area contributed by atoms with Gasteiger partial charge in [0, 0.05) is 32.2 Å². The zero-order valence-corrected chi connectivity index (χ0v) is 8.92. The van der Waals surface area contributed by atoms with Gasteiger partial charge < -0.3 is 10.6 Å². The SMILES string of the molecule is C/C=C/C(=O)NCC1CNCCN1C. The summed E-state index contributed by atoms with van der Waals surface area (Å²) in [7, 11) is 2.09. The summed E-state index contributed by atoms with van der Waals surface area (Å²) < 4.78 is 0. The first kappa shape index (κ1) is 11.2. The zero-order valence-electron chi connectivity index (χ0n) is 8.92. The van der Waals surface area contributed by atoms with E-state index in [1.165, 1.54) is 0 Å². The molecule has 1 saturated heterocycles. The molecule has 2 N–H and O–H groups in total. The first-order valence-corrected chi connectivity index (χ1v) is 5.05.